The second-order valence-electron chi connectivity index (χ2n) is 9.37. The van der Waals surface area contributed by atoms with Crippen molar-refractivity contribution >= 4 is 28.8 Å². The molecule has 180 valence electrons. The van der Waals surface area contributed by atoms with E-state index in [1.54, 1.807) is 6.33 Å². The van der Waals surface area contributed by atoms with Crippen LogP contribution in [0.15, 0.2) is 48.8 Å². The molecule has 0 saturated heterocycles. The molecular formula is C27H26N8O. The molecule has 0 spiro atoms. The third-order valence-electron chi connectivity index (χ3n) is 6.57. The summed E-state index contributed by atoms with van der Waals surface area (Å²) in [5.41, 5.74) is 8.20. The number of imidazole rings is 1. The number of aromatic amines is 1. The molecule has 1 fully saturated rings. The standard InChI is InChI=1S/C27H26N8O/c1-16-3-9-24(34-31-16)29-20-7-8-23-21(14-20)28-15-35(23)25-10-6-19(11-12-36)27(30-25)26-17(2)32-33-22(26)13-18-4-5-18/h3,6-10,12,14-15,18H,4-5,11,13H2,1-2H3,(H,29,34)(H,32,33). The van der Waals surface area contributed by atoms with Crippen LogP contribution in [0.5, 0.6) is 0 Å². The lowest BCUT2D eigenvalue weighted by Crippen LogP contribution is -2.03. The van der Waals surface area contributed by atoms with Gasteiger partial charge < -0.3 is 10.1 Å². The lowest BCUT2D eigenvalue weighted by molar-refractivity contribution is -0.107. The fraction of sp³-hybridized carbons (Fsp3) is 0.259. The first-order valence-corrected chi connectivity index (χ1v) is 12.1. The van der Waals surface area contributed by atoms with Gasteiger partial charge >= 0.3 is 0 Å². The minimum absolute atomic E-state index is 0.303. The third kappa shape index (κ3) is 4.24. The van der Waals surface area contributed by atoms with Gasteiger partial charge in [0.1, 0.15) is 18.4 Å². The Balaban J connectivity index is 1.38. The lowest BCUT2D eigenvalue weighted by atomic mass is 9.99. The zero-order valence-electron chi connectivity index (χ0n) is 20.2. The smallest absolute Gasteiger partial charge is 0.153 e. The number of aromatic nitrogens is 7. The van der Waals surface area contributed by atoms with Gasteiger partial charge in [0, 0.05) is 23.4 Å². The van der Waals surface area contributed by atoms with Crippen LogP contribution in [0.3, 0.4) is 0 Å². The van der Waals surface area contributed by atoms with Crippen LogP contribution in [-0.4, -0.2) is 41.2 Å². The number of aldehydes is 1. The molecule has 2 N–H and O–H groups in total. The molecule has 1 aromatic carbocycles. The Hall–Kier alpha value is -4.40. The molecule has 6 rings (SSSR count). The number of nitrogens with one attached hydrogen (secondary N) is 2. The number of fused-ring (bicyclic) bond motifs is 1. The number of H-pyrrole nitrogens is 1. The summed E-state index contributed by atoms with van der Waals surface area (Å²) in [6.07, 6.45) is 6.43. The molecule has 1 saturated carbocycles. The van der Waals surface area contributed by atoms with Crippen LogP contribution in [-0.2, 0) is 17.6 Å². The van der Waals surface area contributed by atoms with E-state index in [2.05, 4.69) is 30.7 Å². The summed E-state index contributed by atoms with van der Waals surface area (Å²) in [5, 5.41) is 19.2. The zero-order chi connectivity index (χ0) is 24.6. The Morgan fingerprint density at radius 1 is 1.11 bits per heavy atom. The van der Waals surface area contributed by atoms with Gasteiger partial charge in [-0.3, -0.25) is 9.67 Å². The average Bonchev–Trinajstić information content (AvgIpc) is 3.49. The summed E-state index contributed by atoms with van der Waals surface area (Å²) in [6.45, 7) is 3.92. The van der Waals surface area contributed by atoms with Gasteiger partial charge in [-0.25, -0.2) is 9.97 Å². The Labute approximate surface area is 208 Å². The molecule has 4 aromatic heterocycles. The predicted octanol–water partition coefficient (Wildman–Crippen LogP) is 4.65. The first-order chi connectivity index (χ1) is 17.6. The van der Waals surface area contributed by atoms with E-state index in [1.807, 2.05) is 60.9 Å². The number of nitrogens with zero attached hydrogens (tertiary/aromatic N) is 6. The van der Waals surface area contributed by atoms with E-state index >= 15 is 0 Å². The highest BCUT2D eigenvalue weighted by molar-refractivity contribution is 5.82. The fourth-order valence-electron chi connectivity index (χ4n) is 4.51. The second kappa shape index (κ2) is 8.99. The number of aryl methyl sites for hydroxylation is 2. The van der Waals surface area contributed by atoms with Crippen molar-refractivity contribution < 1.29 is 4.79 Å². The monoisotopic (exact) mass is 478 g/mol. The van der Waals surface area contributed by atoms with Crippen LogP contribution in [0.4, 0.5) is 11.5 Å². The lowest BCUT2D eigenvalue weighted by Gasteiger charge is -2.12. The third-order valence-corrected chi connectivity index (χ3v) is 6.57. The van der Waals surface area contributed by atoms with Gasteiger partial charge in [-0.15, -0.1) is 5.10 Å². The molecule has 5 aromatic rings. The van der Waals surface area contributed by atoms with Gasteiger partial charge in [-0.2, -0.15) is 10.2 Å². The van der Waals surface area contributed by atoms with Crippen molar-refractivity contribution in [1.82, 2.24) is 34.9 Å². The number of hydrogen-bond acceptors (Lipinski definition) is 7. The molecule has 0 amide bonds. The van der Waals surface area contributed by atoms with Crippen LogP contribution in [0.2, 0.25) is 0 Å². The summed E-state index contributed by atoms with van der Waals surface area (Å²) in [6, 6.07) is 13.7. The number of rotatable bonds is 8. The molecular weight excluding hydrogens is 452 g/mol. The Morgan fingerprint density at radius 2 is 2.00 bits per heavy atom. The molecule has 0 aliphatic heterocycles. The minimum Gasteiger partial charge on any atom is -0.339 e. The average molecular weight is 479 g/mol. The van der Waals surface area contributed by atoms with Crippen LogP contribution in [0.25, 0.3) is 28.1 Å². The van der Waals surface area contributed by atoms with E-state index in [9.17, 15) is 4.79 Å². The maximum absolute atomic E-state index is 11.4. The number of pyridine rings is 1. The Kier molecular flexibility index (Phi) is 5.52. The summed E-state index contributed by atoms with van der Waals surface area (Å²) in [7, 11) is 0. The van der Waals surface area contributed by atoms with Crippen molar-refractivity contribution in [3.8, 4) is 17.1 Å². The van der Waals surface area contributed by atoms with E-state index in [-0.39, 0.29) is 0 Å². The van der Waals surface area contributed by atoms with Crippen molar-refractivity contribution in [3.63, 3.8) is 0 Å². The highest BCUT2D eigenvalue weighted by Crippen LogP contribution is 2.37. The second-order valence-corrected chi connectivity index (χ2v) is 9.37. The maximum atomic E-state index is 11.4. The van der Waals surface area contributed by atoms with Crippen molar-refractivity contribution in [3.05, 3.63) is 71.4 Å². The maximum Gasteiger partial charge on any atom is 0.153 e. The zero-order valence-corrected chi connectivity index (χ0v) is 20.2. The van der Waals surface area contributed by atoms with Crippen LogP contribution in [0, 0.1) is 19.8 Å². The van der Waals surface area contributed by atoms with Crippen molar-refractivity contribution in [2.45, 2.75) is 39.5 Å². The quantitative estimate of drug-likeness (QED) is 0.312. The van der Waals surface area contributed by atoms with Gasteiger partial charge in [-0.1, -0.05) is 6.07 Å². The van der Waals surface area contributed by atoms with Gasteiger partial charge in [0.05, 0.1) is 28.1 Å². The summed E-state index contributed by atoms with van der Waals surface area (Å²) in [5.74, 6) is 2.11. The molecule has 36 heavy (non-hydrogen) atoms. The van der Waals surface area contributed by atoms with Gasteiger partial charge in [-0.05, 0) is 81.0 Å². The molecule has 9 nitrogen and oxygen atoms in total. The van der Waals surface area contributed by atoms with E-state index < -0.39 is 0 Å². The topological polar surface area (TPSA) is 114 Å². The summed E-state index contributed by atoms with van der Waals surface area (Å²) < 4.78 is 1.97. The normalized spacial score (nSPS) is 13.3. The molecule has 0 unspecified atom stereocenters. The first-order valence-electron chi connectivity index (χ1n) is 12.1. The fourth-order valence-corrected chi connectivity index (χ4v) is 4.51. The molecule has 1 aliphatic carbocycles. The van der Waals surface area contributed by atoms with Gasteiger partial charge in [0.2, 0.25) is 0 Å². The van der Waals surface area contributed by atoms with Crippen molar-refractivity contribution in [1.29, 1.82) is 0 Å². The summed E-state index contributed by atoms with van der Waals surface area (Å²) in [4.78, 5) is 21.1. The SMILES string of the molecule is Cc1ccc(Nc2ccc3c(c2)ncn3-c2ccc(CC=O)c(-c3c(CC4CC4)n[nH]c3C)n2)nn1. The Morgan fingerprint density at radius 3 is 2.78 bits per heavy atom. The van der Waals surface area contributed by atoms with E-state index in [1.165, 1.54) is 12.8 Å². The van der Waals surface area contributed by atoms with Gasteiger partial charge in [0.15, 0.2) is 5.82 Å². The van der Waals surface area contributed by atoms with Crippen molar-refractivity contribution in [2.24, 2.45) is 5.92 Å². The number of benzene rings is 1. The number of hydrogen-bond donors (Lipinski definition) is 2. The van der Waals surface area contributed by atoms with E-state index in [0.717, 1.165) is 69.1 Å². The molecule has 0 bridgehead atoms. The molecule has 4 heterocycles. The first kappa shape index (κ1) is 22.1. The van der Waals surface area contributed by atoms with Crippen molar-refractivity contribution in [2.75, 3.05) is 5.32 Å². The minimum atomic E-state index is 0.303. The Bertz CT molecular complexity index is 1560. The highest BCUT2D eigenvalue weighted by Gasteiger charge is 2.26. The summed E-state index contributed by atoms with van der Waals surface area (Å²) >= 11 is 0. The predicted molar refractivity (Wildman–Crippen MR) is 137 cm³/mol. The van der Waals surface area contributed by atoms with Crippen LogP contribution in [0.1, 0.15) is 35.5 Å². The largest absolute Gasteiger partial charge is 0.339 e. The highest BCUT2D eigenvalue weighted by atomic mass is 16.1. The number of carbonyl (C=O) groups is 1. The number of carbonyl (C=O) groups excluding carboxylic acids is 1. The molecule has 9 heteroatoms. The molecule has 1 aliphatic rings. The molecule has 0 atom stereocenters. The van der Waals surface area contributed by atoms with E-state index in [4.69, 9.17) is 4.98 Å². The molecule has 0 radical (unpaired) electrons. The van der Waals surface area contributed by atoms with Gasteiger partial charge in [0.25, 0.3) is 0 Å². The van der Waals surface area contributed by atoms with E-state index in [0.29, 0.717) is 18.2 Å². The number of anilines is 2. The van der Waals surface area contributed by atoms with Crippen LogP contribution < -0.4 is 5.32 Å². The van der Waals surface area contributed by atoms with Crippen LogP contribution >= 0.6 is 0 Å².